The summed E-state index contributed by atoms with van der Waals surface area (Å²) >= 11 is 0. The number of benzene rings is 2. The molecule has 5 heteroatoms. The molecule has 2 heterocycles. The topological polar surface area (TPSA) is 62.3 Å². The first kappa shape index (κ1) is 15.0. The van der Waals surface area contributed by atoms with Crippen LogP contribution in [0.15, 0.2) is 36.4 Å². The van der Waals surface area contributed by atoms with Gasteiger partial charge in [-0.25, -0.2) is 4.98 Å². The van der Waals surface area contributed by atoms with Gasteiger partial charge in [0, 0.05) is 30.3 Å². The minimum atomic E-state index is 0.0800. The molecular formula is C19H21N3O2. The summed E-state index contributed by atoms with van der Waals surface area (Å²) in [6.07, 6.45) is 0.914. The molecule has 1 aliphatic rings. The van der Waals surface area contributed by atoms with Crippen LogP contribution in [0.2, 0.25) is 0 Å². The maximum Gasteiger partial charge on any atom is 0.231 e. The first-order chi connectivity index (χ1) is 11.7. The van der Waals surface area contributed by atoms with Gasteiger partial charge in [0.2, 0.25) is 6.79 Å². The number of nitrogens with two attached hydrogens (primary N) is 1. The predicted octanol–water partition coefficient (Wildman–Crippen LogP) is 3.48. The largest absolute Gasteiger partial charge is 0.454 e. The summed E-state index contributed by atoms with van der Waals surface area (Å²) in [4.78, 5) is 4.86. The van der Waals surface area contributed by atoms with Crippen LogP contribution in [0.3, 0.4) is 0 Å². The van der Waals surface area contributed by atoms with Gasteiger partial charge in [-0.3, -0.25) is 0 Å². The van der Waals surface area contributed by atoms with E-state index in [0.717, 1.165) is 46.9 Å². The van der Waals surface area contributed by atoms with Crippen LogP contribution >= 0.6 is 0 Å². The van der Waals surface area contributed by atoms with Gasteiger partial charge in [-0.1, -0.05) is 30.7 Å². The third-order valence-electron chi connectivity index (χ3n) is 4.46. The molecule has 1 atom stereocenters. The normalized spacial score (nSPS) is 14.3. The van der Waals surface area contributed by atoms with Crippen LogP contribution in [-0.4, -0.2) is 22.4 Å². The molecule has 0 amide bonds. The molecule has 0 bridgehead atoms. The smallest absolute Gasteiger partial charge is 0.231 e. The maximum atomic E-state index is 6.24. The lowest BCUT2D eigenvalue weighted by molar-refractivity contribution is 0.174. The van der Waals surface area contributed by atoms with E-state index >= 15 is 0 Å². The highest BCUT2D eigenvalue weighted by Gasteiger charge is 2.20. The highest BCUT2D eigenvalue weighted by molar-refractivity contribution is 5.84. The summed E-state index contributed by atoms with van der Waals surface area (Å²) in [6.45, 7) is 5.17. The molecule has 2 aromatic carbocycles. The Morgan fingerprint density at radius 2 is 2.00 bits per heavy atom. The van der Waals surface area contributed by atoms with E-state index in [1.165, 1.54) is 5.56 Å². The van der Waals surface area contributed by atoms with E-state index in [2.05, 4.69) is 42.7 Å². The molecule has 0 spiro atoms. The summed E-state index contributed by atoms with van der Waals surface area (Å²) in [5.74, 6) is 2.45. The Labute approximate surface area is 141 Å². The SMILES string of the molecule is CCC(N)Cn1c(-c2cccc(C)c2)nc2cc3c(cc21)OCO3. The predicted molar refractivity (Wildman–Crippen MR) is 94.3 cm³/mol. The van der Waals surface area contributed by atoms with E-state index in [1.807, 2.05) is 12.1 Å². The summed E-state index contributed by atoms with van der Waals surface area (Å²) < 4.78 is 13.2. The van der Waals surface area contributed by atoms with E-state index in [1.54, 1.807) is 0 Å². The Balaban J connectivity index is 1.92. The van der Waals surface area contributed by atoms with E-state index in [0.29, 0.717) is 0 Å². The summed E-state index contributed by atoms with van der Waals surface area (Å²) in [7, 11) is 0. The van der Waals surface area contributed by atoms with Crippen LogP contribution in [0.25, 0.3) is 22.4 Å². The highest BCUT2D eigenvalue weighted by atomic mass is 16.7. The first-order valence-electron chi connectivity index (χ1n) is 8.28. The lowest BCUT2D eigenvalue weighted by Gasteiger charge is -2.14. The van der Waals surface area contributed by atoms with Crippen molar-refractivity contribution in [2.45, 2.75) is 32.9 Å². The van der Waals surface area contributed by atoms with Gasteiger partial charge in [-0.15, -0.1) is 0 Å². The minimum Gasteiger partial charge on any atom is -0.454 e. The molecule has 124 valence electrons. The van der Waals surface area contributed by atoms with Crippen molar-refractivity contribution in [2.75, 3.05) is 6.79 Å². The molecule has 0 aliphatic carbocycles. The van der Waals surface area contributed by atoms with Crippen molar-refractivity contribution in [1.82, 2.24) is 9.55 Å². The number of ether oxygens (including phenoxy) is 2. The number of fused-ring (bicyclic) bond motifs is 2. The molecule has 1 aliphatic heterocycles. The molecule has 3 aromatic rings. The van der Waals surface area contributed by atoms with Gasteiger partial charge in [-0.05, 0) is 19.4 Å². The van der Waals surface area contributed by atoms with E-state index < -0.39 is 0 Å². The lowest BCUT2D eigenvalue weighted by atomic mass is 10.1. The number of rotatable bonds is 4. The average Bonchev–Trinajstić information content (AvgIpc) is 3.17. The molecule has 1 aromatic heterocycles. The second-order valence-corrected chi connectivity index (χ2v) is 6.28. The Morgan fingerprint density at radius 3 is 2.75 bits per heavy atom. The number of aryl methyl sites for hydroxylation is 1. The van der Waals surface area contributed by atoms with Crippen molar-refractivity contribution >= 4 is 11.0 Å². The van der Waals surface area contributed by atoms with Gasteiger partial charge in [0.25, 0.3) is 0 Å². The number of hydrogen-bond donors (Lipinski definition) is 1. The lowest BCUT2D eigenvalue weighted by Crippen LogP contribution is -2.25. The van der Waals surface area contributed by atoms with Gasteiger partial charge in [0.1, 0.15) is 5.82 Å². The molecule has 1 unspecified atom stereocenters. The quantitative estimate of drug-likeness (QED) is 0.798. The molecule has 0 saturated heterocycles. The second kappa shape index (κ2) is 5.83. The fourth-order valence-electron chi connectivity index (χ4n) is 3.07. The number of imidazole rings is 1. The second-order valence-electron chi connectivity index (χ2n) is 6.28. The molecule has 5 nitrogen and oxygen atoms in total. The highest BCUT2D eigenvalue weighted by Crippen LogP contribution is 2.37. The van der Waals surface area contributed by atoms with Crippen LogP contribution < -0.4 is 15.2 Å². The van der Waals surface area contributed by atoms with Crippen molar-refractivity contribution in [3.63, 3.8) is 0 Å². The molecule has 0 radical (unpaired) electrons. The van der Waals surface area contributed by atoms with Gasteiger partial charge in [0.15, 0.2) is 11.5 Å². The van der Waals surface area contributed by atoms with Crippen LogP contribution in [0.4, 0.5) is 0 Å². The van der Waals surface area contributed by atoms with Crippen molar-refractivity contribution in [3.8, 4) is 22.9 Å². The zero-order valence-electron chi connectivity index (χ0n) is 14.0. The first-order valence-corrected chi connectivity index (χ1v) is 8.28. The zero-order valence-corrected chi connectivity index (χ0v) is 14.0. The third-order valence-corrected chi connectivity index (χ3v) is 4.46. The van der Waals surface area contributed by atoms with E-state index in [-0.39, 0.29) is 12.8 Å². The molecule has 2 N–H and O–H groups in total. The van der Waals surface area contributed by atoms with Crippen LogP contribution in [-0.2, 0) is 6.54 Å². The van der Waals surface area contributed by atoms with Gasteiger partial charge >= 0.3 is 0 Å². The fraction of sp³-hybridized carbons (Fsp3) is 0.316. The Morgan fingerprint density at radius 1 is 1.21 bits per heavy atom. The van der Waals surface area contributed by atoms with Crippen molar-refractivity contribution in [2.24, 2.45) is 5.73 Å². The van der Waals surface area contributed by atoms with Crippen LogP contribution in [0, 0.1) is 6.92 Å². The third kappa shape index (κ3) is 2.51. The summed E-state index contributed by atoms with van der Waals surface area (Å²) in [6, 6.07) is 12.4. The number of hydrogen-bond acceptors (Lipinski definition) is 4. The number of nitrogens with zero attached hydrogens (tertiary/aromatic N) is 2. The fourth-order valence-corrected chi connectivity index (χ4v) is 3.07. The molecule has 4 rings (SSSR count). The van der Waals surface area contributed by atoms with Crippen molar-refractivity contribution in [1.29, 1.82) is 0 Å². The van der Waals surface area contributed by atoms with Gasteiger partial charge in [-0.2, -0.15) is 0 Å². The Hall–Kier alpha value is -2.53. The van der Waals surface area contributed by atoms with Gasteiger partial charge in [0.05, 0.1) is 11.0 Å². The van der Waals surface area contributed by atoms with E-state index in [4.69, 9.17) is 20.2 Å². The monoisotopic (exact) mass is 323 g/mol. The standard InChI is InChI=1S/C19H21N3O2/c1-3-14(20)10-22-16-9-18-17(23-11-24-18)8-15(16)21-19(22)13-6-4-5-12(2)7-13/h4-9,14H,3,10-11,20H2,1-2H3. The Bertz CT molecular complexity index is 901. The van der Waals surface area contributed by atoms with Crippen LogP contribution in [0.1, 0.15) is 18.9 Å². The maximum absolute atomic E-state index is 6.24. The molecule has 0 saturated carbocycles. The number of aromatic nitrogens is 2. The van der Waals surface area contributed by atoms with Gasteiger partial charge < -0.3 is 19.8 Å². The molecular weight excluding hydrogens is 302 g/mol. The Kier molecular flexibility index (Phi) is 3.65. The molecule has 24 heavy (non-hydrogen) atoms. The average molecular weight is 323 g/mol. The van der Waals surface area contributed by atoms with Crippen molar-refractivity contribution in [3.05, 3.63) is 42.0 Å². The van der Waals surface area contributed by atoms with E-state index in [9.17, 15) is 0 Å². The molecule has 0 fully saturated rings. The zero-order chi connectivity index (χ0) is 16.7. The van der Waals surface area contributed by atoms with Crippen LogP contribution in [0.5, 0.6) is 11.5 Å². The van der Waals surface area contributed by atoms with Crippen molar-refractivity contribution < 1.29 is 9.47 Å². The minimum absolute atomic E-state index is 0.0800. The summed E-state index contributed by atoms with van der Waals surface area (Å²) in [5, 5.41) is 0. The summed E-state index contributed by atoms with van der Waals surface area (Å²) in [5.41, 5.74) is 10.5.